The van der Waals surface area contributed by atoms with Gasteiger partial charge in [0, 0.05) is 18.0 Å². The summed E-state index contributed by atoms with van der Waals surface area (Å²) in [5.41, 5.74) is 0.794. The second-order valence-electron chi connectivity index (χ2n) is 6.20. The van der Waals surface area contributed by atoms with E-state index in [9.17, 15) is 31.5 Å². The molecule has 0 bridgehead atoms. The Balaban J connectivity index is 0.000000439. The molecule has 170 valence electrons. The molecule has 0 radical (unpaired) electrons. The van der Waals surface area contributed by atoms with Crippen LogP contribution in [0.1, 0.15) is 22.3 Å². The van der Waals surface area contributed by atoms with Crippen molar-refractivity contribution in [2.24, 2.45) is 5.73 Å². The first-order chi connectivity index (χ1) is 15.0. The number of primary amides is 1. The number of hydrogen-bond acceptors (Lipinski definition) is 3. The lowest BCUT2D eigenvalue weighted by Gasteiger charge is -2.14. The zero-order chi connectivity index (χ0) is 23.9. The lowest BCUT2D eigenvalue weighted by molar-refractivity contribution is -0.139. The molecule has 3 rings (SSSR count). The van der Waals surface area contributed by atoms with Crippen LogP contribution in [0.25, 0.3) is 11.3 Å². The minimum Gasteiger partial charge on any atom is -0.370 e. The molecule has 0 aliphatic carbocycles. The molecule has 0 atom stereocenters. The zero-order valence-electron chi connectivity index (χ0n) is 16.1. The number of amides is 2. The second-order valence-corrected chi connectivity index (χ2v) is 6.64. The Kier molecular flexibility index (Phi) is 8.30. The Morgan fingerprint density at radius 1 is 1.06 bits per heavy atom. The molecule has 0 fully saturated rings. The zero-order valence-corrected chi connectivity index (χ0v) is 16.9. The predicted octanol–water partition coefficient (Wildman–Crippen LogP) is 4.32. The molecule has 0 unspecified atom stereocenters. The van der Waals surface area contributed by atoms with Gasteiger partial charge in [-0.3, -0.25) is 14.7 Å². The lowest BCUT2D eigenvalue weighted by atomic mass is 9.99. The number of nitrogens with one attached hydrogen (secondary N) is 2. The van der Waals surface area contributed by atoms with E-state index < -0.39 is 52.0 Å². The van der Waals surface area contributed by atoms with Crippen LogP contribution in [0.3, 0.4) is 0 Å². The number of carbonyl (C=O) groups is 2. The molecule has 0 saturated heterocycles. The van der Waals surface area contributed by atoms with Gasteiger partial charge in [0.05, 0.1) is 23.0 Å². The van der Waals surface area contributed by atoms with E-state index in [1.165, 1.54) is 0 Å². The van der Waals surface area contributed by atoms with Crippen molar-refractivity contribution in [1.82, 2.24) is 15.5 Å². The van der Waals surface area contributed by atoms with Crippen molar-refractivity contribution in [3.05, 3.63) is 76.4 Å². The summed E-state index contributed by atoms with van der Waals surface area (Å²) in [5, 5.41) is 8.51. The fourth-order valence-electron chi connectivity index (χ4n) is 2.53. The number of H-pyrrole nitrogens is 1. The molecule has 32 heavy (non-hydrogen) atoms. The Morgan fingerprint density at radius 2 is 1.69 bits per heavy atom. The van der Waals surface area contributed by atoms with Crippen LogP contribution < -0.4 is 11.1 Å². The third-order valence-corrected chi connectivity index (χ3v) is 4.16. The number of halogens is 6. The third-order valence-electron chi connectivity index (χ3n) is 3.91. The van der Waals surface area contributed by atoms with Gasteiger partial charge in [0.15, 0.2) is 0 Å². The van der Waals surface area contributed by atoms with E-state index in [1.54, 1.807) is 0 Å². The monoisotopic (exact) mass is 474 g/mol. The average Bonchev–Trinajstić information content (AvgIpc) is 3.19. The van der Waals surface area contributed by atoms with Gasteiger partial charge in [0.25, 0.3) is 5.91 Å². The van der Waals surface area contributed by atoms with Crippen molar-refractivity contribution in [1.29, 1.82) is 0 Å². The number of aromatic amines is 1. The number of nitrogens with two attached hydrogens (primary N) is 1. The van der Waals surface area contributed by atoms with Crippen LogP contribution in [-0.4, -0.2) is 28.6 Å². The fraction of sp³-hybridized carbons (Fsp3) is 0.150. The van der Waals surface area contributed by atoms with Gasteiger partial charge in [0.2, 0.25) is 5.91 Å². The molecule has 2 aromatic carbocycles. The Morgan fingerprint density at radius 3 is 2.22 bits per heavy atom. The molecule has 4 N–H and O–H groups in total. The largest absolute Gasteiger partial charge is 0.419 e. The first-order valence-electron chi connectivity index (χ1n) is 8.88. The number of hydrogen-bond donors (Lipinski definition) is 3. The summed E-state index contributed by atoms with van der Waals surface area (Å²) in [5.74, 6) is -4.72. The topological polar surface area (TPSA) is 101 Å². The standard InChI is InChI=1S/C14H11F5N4O2.C6H5Cl/c15-7-1-2-8(16)11(14(17,18)19)10(7)12-6(5-22-23-12)13(25)21-4-3-9(20)24;7-6-4-2-1-3-5-6/h1-2,5H,3-4H2,(H2,20,24)(H,21,25)(H,22,23);1-5H. The summed E-state index contributed by atoms with van der Waals surface area (Å²) in [4.78, 5) is 22.6. The number of aromatic nitrogens is 2. The summed E-state index contributed by atoms with van der Waals surface area (Å²) in [6.45, 7) is -0.184. The molecule has 6 nitrogen and oxygen atoms in total. The van der Waals surface area contributed by atoms with Crippen molar-refractivity contribution in [2.45, 2.75) is 12.6 Å². The van der Waals surface area contributed by atoms with Gasteiger partial charge in [-0.2, -0.15) is 18.3 Å². The number of alkyl halides is 3. The van der Waals surface area contributed by atoms with Crippen molar-refractivity contribution in [3.8, 4) is 11.3 Å². The van der Waals surface area contributed by atoms with E-state index in [1.807, 2.05) is 30.3 Å². The Bertz CT molecular complexity index is 1090. The van der Waals surface area contributed by atoms with E-state index >= 15 is 0 Å². The van der Waals surface area contributed by atoms with E-state index in [2.05, 4.69) is 15.5 Å². The maximum Gasteiger partial charge on any atom is 0.419 e. The molecule has 0 spiro atoms. The number of carbonyl (C=O) groups excluding carboxylic acids is 2. The molecule has 0 saturated carbocycles. The third kappa shape index (κ3) is 6.51. The SMILES string of the molecule is Clc1ccccc1.NC(=O)CCNC(=O)c1cn[nH]c1-c1c(F)ccc(F)c1C(F)(F)F. The van der Waals surface area contributed by atoms with Crippen molar-refractivity contribution < 1.29 is 31.5 Å². The highest BCUT2D eigenvalue weighted by Crippen LogP contribution is 2.40. The summed E-state index contributed by atoms with van der Waals surface area (Å²) in [7, 11) is 0. The lowest BCUT2D eigenvalue weighted by Crippen LogP contribution is -2.28. The first-order valence-corrected chi connectivity index (χ1v) is 9.26. The van der Waals surface area contributed by atoms with Gasteiger partial charge >= 0.3 is 6.18 Å². The number of benzene rings is 2. The maximum atomic E-state index is 14.0. The van der Waals surface area contributed by atoms with Crippen LogP contribution in [-0.2, 0) is 11.0 Å². The molecular weight excluding hydrogens is 459 g/mol. The smallest absolute Gasteiger partial charge is 0.370 e. The second kappa shape index (κ2) is 10.7. The van der Waals surface area contributed by atoms with E-state index in [4.69, 9.17) is 17.3 Å². The average molecular weight is 475 g/mol. The number of rotatable bonds is 5. The van der Waals surface area contributed by atoms with Crippen LogP contribution >= 0.6 is 11.6 Å². The highest BCUT2D eigenvalue weighted by Gasteiger charge is 2.40. The molecule has 1 heterocycles. The molecule has 1 aromatic heterocycles. The van der Waals surface area contributed by atoms with Crippen LogP contribution in [0, 0.1) is 11.6 Å². The highest BCUT2D eigenvalue weighted by molar-refractivity contribution is 6.30. The predicted molar refractivity (Wildman–Crippen MR) is 107 cm³/mol. The fourth-order valence-corrected chi connectivity index (χ4v) is 2.68. The van der Waals surface area contributed by atoms with Crippen LogP contribution in [0.2, 0.25) is 5.02 Å². The molecule has 0 aliphatic rings. The van der Waals surface area contributed by atoms with Crippen molar-refractivity contribution in [3.63, 3.8) is 0 Å². The highest BCUT2D eigenvalue weighted by atomic mass is 35.5. The van der Waals surface area contributed by atoms with Gasteiger partial charge in [-0.25, -0.2) is 8.78 Å². The van der Waals surface area contributed by atoms with Crippen LogP contribution in [0.15, 0.2) is 48.7 Å². The normalized spacial score (nSPS) is 10.8. The molecule has 2 amide bonds. The molecule has 3 aromatic rings. The van der Waals surface area contributed by atoms with E-state index in [0.717, 1.165) is 11.2 Å². The summed E-state index contributed by atoms with van der Waals surface area (Å²) >= 11 is 5.54. The first kappa shape index (κ1) is 24.8. The Hall–Kier alpha value is -3.47. The summed E-state index contributed by atoms with van der Waals surface area (Å²) in [6, 6.07) is 10.3. The molecule has 12 heteroatoms. The summed E-state index contributed by atoms with van der Waals surface area (Å²) < 4.78 is 67.0. The Labute approximate surface area is 183 Å². The van der Waals surface area contributed by atoms with Crippen LogP contribution in [0.5, 0.6) is 0 Å². The van der Waals surface area contributed by atoms with Gasteiger partial charge in [0.1, 0.15) is 17.2 Å². The van der Waals surface area contributed by atoms with Crippen molar-refractivity contribution in [2.75, 3.05) is 6.54 Å². The molecular formula is C20H16ClF5N4O2. The van der Waals surface area contributed by atoms with Crippen molar-refractivity contribution >= 4 is 23.4 Å². The minimum atomic E-state index is -5.20. The molecule has 0 aliphatic heterocycles. The quantitative estimate of drug-likeness (QED) is 0.480. The minimum absolute atomic E-state index is 0.184. The van der Waals surface area contributed by atoms with Gasteiger partial charge < -0.3 is 11.1 Å². The maximum absolute atomic E-state index is 14.0. The van der Waals surface area contributed by atoms with Crippen LogP contribution in [0.4, 0.5) is 22.0 Å². The summed E-state index contributed by atoms with van der Waals surface area (Å²) in [6.07, 6.45) is -4.55. The van der Waals surface area contributed by atoms with E-state index in [-0.39, 0.29) is 13.0 Å². The number of nitrogens with zero attached hydrogens (tertiary/aromatic N) is 1. The van der Waals surface area contributed by atoms with Gasteiger partial charge in [-0.05, 0) is 24.3 Å². The van der Waals surface area contributed by atoms with Gasteiger partial charge in [-0.15, -0.1) is 0 Å². The van der Waals surface area contributed by atoms with Gasteiger partial charge in [-0.1, -0.05) is 29.8 Å². The van der Waals surface area contributed by atoms with E-state index in [0.29, 0.717) is 12.1 Å².